The highest BCUT2D eigenvalue weighted by Crippen LogP contribution is 2.23. The van der Waals surface area contributed by atoms with E-state index >= 15 is 0 Å². The van der Waals surface area contributed by atoms with Crippen molar-refractivity contribution in [1.29, 1.82) is 0 Å². The number of likely N-dealkylation sites (tertiary alicyclic amines) is 1. The van der Waals surface area contributed by atoms with Gasteiger partial charge in [0.25, 0.3) is 0 Å². The molecule has 3 heteroatoms. The third kappa shape index (κ3) is 3.03. The average molecular weight is 247 g/mol. The first-order valence-corrected chi connectivity index (χ1v) is 6.77. The van der Waals surface area contributed by atoms with Gasteiger partial charge in [-0.25, -0.2) is 0 Å². The summed E-state index contributed by atoms with van der Waals surface area (Å²) < 4.78 is 0. The second-order valence-electron chi connectivity index (χ2n) is 4.98. The smallest absolute Gasteiger partial charge is 0.226 e. The van der Waals surface area contributed by atoms with Crippen molar-refractivity contribution < 1.29 is 9.90 Å². The van der Waals surface area contributed by atoms with E-state index in [1.807, 2.05) is 24.0 Å². The number of carbonyl (C=O) groups excluding carboxylic acids is 1. The zero-order chi connectivity index (χ0) is 13.0. The van der Waals surface area contributed by atoms with Crippen molar-refractivity contribution in [3.05, 3.63) is 29.8 Å². The van der Waals surface area contributed by atoms with Gasteiger partial charge in [0.05, 0.1) is 0 Å². The highest BCUT2D eigenvalue weighted by atomic mass is 16.3. The summed E-state index contributed by atoms with van der Waals surface area (Å²) >= 11 is 0. The molecular weight excluding hydrogens is 226 g/mol. The zero-order valence-corrected chi connectivity index (χ0v) is 10.9. The van der Waals surface area contributed by atoms with Crippen LogP contribution < -0.4 is 0 Å². The van der Waals surface area contributed by atoms with Crippen LogP contribution in [0.2, 0.25) is 0 Å². The number of nitrogens with zero attached hydrogens (tertiary/aromatic N) is 1. The highest BCUT2D eigenvalue weighted by Gasteiger charge is 2.25. The van der Waals surface area contributed by atoms with Crippen LogP contribution in [0, 0.1) is 5.92 Å². The summed E-state index contributed by atoms with van der Waals surface area (Å²) in [7, 11) is 0. The Hall–Kier alpha value is -1.51. The summed E-state index contributed by atoms with van der Waals surface area (Å²) in [6, 6.07) is 7.24. The monoisotopic (exact) mass is 247 g/mol. The summed E-state index contributed by atoms with van der Waals surface area (Å²) in [5.74, 6) is 0.633. The predicted octanol–water partition coefficient (Wildman–Crippen LogP) is 2.58. The van der Waals surface area contributed by atoms with Gasteiger partial charge < -0.3 is 10.0 Å². The van der Waals surface area contributed by atoms with Gasteiger partial charge in [-0.3, -0.25) is 4.79 Å². The molecule has 1 aliphatic rings. The normalized spacial score (nSPS) is 20.8. The Bertz CT molecular complexity index is 417. The third-order valence-electron chi connectivity index (χ3n) is 3.67. The molecule has 1 atom stereocenters. The first-order chi connectivity index (χ1) is 8.70. The van der Waals surface area contributed by atoms with Crippen LogP contribution in [0.15, 0.2) is 24.3 Å². The molecule has 1 heterocycles. The van der Waals surface area contributed by atoms with E-state index < -0.39 is 0 Å². The third-order valence-corrected chi connectivity index (χ3v) is 3.67. The number of carbonyl (C=O) groups is 1. The minimum atomic E-state index is 0.0780. The molecule has 0 saturated carbocycles. The quantitative estimate of drug-likeness (QED) is 0.892. The number of hydrogen-bond donors (Lipinski definition) is 1. The topological polar surface area (TPSA) is 40.5 Å². The first kappa shape index (κ1) is 12.9. The molecule has 1 fully saturated rings. The van der Waals surface area contributed by atoms with Gasteiger partial charge in [0.2, 0.25) is 5.91 Å². The summed E-state index contributed by atoms with van der Waals surface area (Å²) in [4.78, 5) is 14.3. The maximum atomic E-state index is 12.3. The summed E-state index contributed by atoms with van der Waals surface area (Å²) in [6.07, 6.45) is 3.93. The largest absolute Gasteiger partial charge is 0.508 e. The SMILES string of the molecule is CCN1CCCCC(Cc2cccc(O)c2)C1=O. The van der Waals surface area contributed by atoms with Crippen molar-refractivity contribution in [3.8, 4) is 5.75 Å². The fourth-order valence-electron chi connectivity index (χ4n) is 2.66. The molecule has 0 bridgehead atoms. The van der Waals surface area contributed by atoms with Gasteiger partial charge in [0.15, 0.2) is 0 Å². The van der Waals surface area contributed by atoms with E-state index in [9.17, 15) is 9.90 Å². The molecule has 0 radical (unpaired) electrons. The number of hydrogen-bond acceptors (Lipinski definition) is 2. The molecule has 98 valence electrons. The van der Waals surface area contributed by atoms with Gasteiger partial charge in [0.1, 0.15) is 5.75 Å². The van der Waals surface area contributed by atoms with Crippen LogP contribution in [0.25, 0.3) is 0 Å². The van der Waals surface area contributed by atoms with Crippen LogP contribution in [0.5, 0.6) is 5.75 Å². The molecule has 1 N–H and O–H groups in total. The van der Waals surface area contributed by atoms with Crippen molar-refractivity contribution in [2.24, 2.45) is 5.92 Å². The van der Waals surface area contributed by atoms with Crippen LogP contribution in [-0.4, -0.2) is 29.0 Å². The minimum absolute atomic E-state index is 0.0780. The Morgan fingerprint density at radius 3 is 2.94 bits per heavy atom. The molecule has 0 aromatic heterocycles. The van der Waals surface area contributed by atoms with Gasteiger partial charge >= 0.3 is 0 Å². The highest BCUT2D eigenvalue weighted by molar-refractivity contribution is 5.79. The lowest BCUT2D eigenvalue weighted by molar-refractivity contribution is -0.134. The fraction of sp³-hybridized carbons (Fsp3) is 0.533. The molecule has 0 aliphatic carbocycles. The van der Waals surface area contributed by atoms with E-state index in [0.717, 1.165) is 44.3 Å². The second-order valence-corrected chi connectivity index (χ2v) is 4.98. The number of aromatic hydroxyl groups is 1. The van der Waals surface area contributed by atoms with Crippen LogP contribution in [0.1, 0.15) is 31.7 Å². The van der Waals surface area contributed by atoms with Gasteiger partial charge in [-0.05, 0) is 43.9 Å². The van der Waals surface area contributed by atoms with E-state index in [1.165, 1.54) is 0 Å². The van der Waals surface area contributed by atoms with Gasteiger partial charge in [-0.15, -0.1) is 0 Å². The lowest BCUT2D eigenvalue weighted by Crippen LogP contribution is -2.35. The van der Waals surface area contributed by atoms with Crippen molar-refractivity contribution in [3.63, 3.8) is 0 Å². The molecule has 1 saturated heterocycles. The lowest BCUT2D eigenvalue weighted by Gasteiger charge is -2.22. The van der Waals surface area contributed by atoms with Gasteiger partial charge in [0, 0.05) is 19.0 Å². The Morgan fingerprint density at radius 1 is 1.39 bits per heavy atom. The number of phenolic OH excluding ortho intramolecular Hbond substituents is 1. The molecule has 18 heavy (non-hydrogen) atoms. The number of amides is 1. The molecule has 0 spiro atoms. The Kier molecular flexibility index (Phi) is 4.24. The first-order valence-electron chi connectivity index (χ1n) is 6.77. The van der Waals surface area contributed by atoms with E-state index in [0.29, 0.717) is 0 Å². The molecule has 1 unspecified atom stereocenters. The number of rotatable bonds is 3. The average Bonchev–Trinajstić information content (AvgIpc) is 2.53. The summed E-state index contributed by atoms with van der Waals surface area (Å²) in [5.41, 5.74) is 1.05. The van der Waals surface area contributed by atoms with Crippen molar-refractivity contribution in [2.75, 3.05) is 13.1 Å². The van der Waals surface area contributed by atoms with Crippen LogP contribution in [-0.2, 0) is 11.2 Å². The van der Waals surface area contributed by atoms with Crippen LogP contribution in [0.4, 0.5) is 0 Å². The molecule has 1 amide bonds. The van der Waals surface area contributed by atoms with Crippen molar-refractivity contribution in [1.82, 2.24) is 4.90 Å². The Balaban J connectivity index is 2.09. The molecule has 1 aromatic rings. The standard InChI is InChI=1S/C15H21NO2/c1-2-16-9-4-3-7-13(15(16)18)10-12-6-5-8-14(17)11-12/h5-6,8,11,13,17H,2-4,7,9-10H2,1H3. The Labute approximate surface area is 108 Å². The number of phenols is 1. The molecule has 2 rings (SSSR count). The van der Waals surface area contributed by atoms with E-state index in [-0.39, 0.29) is 17.6 Å². The van der Waals surface area contributed by atoms with Crippen molar-refractivity contribution in [2.45, 2.75) is 32.6 Å². The maximum absolute atomic E-state index is 12.3. The zero-order valence-electron chi connectivity index (χ0n) is 10.9. The molecule has 1 aliphatic heterocycles. The maximum Gasteiger partial charge on any atom is 0.226 e. The fourth-order valence-corrected chi connectivity index (χ4v) is 2.66. The predicted molar refractivity (Wildman–Crippen MR) is 71.4 cm³/mol. The number of benzene rings is 1. The Morgan fingerprint density at radius 2 is 2.22 bits per heavy atom. The minimum Gasteiger partial charge on any atom is -0.508 e. The van der Waals surface area contributed by atoms with Gasteiger partial charge in [-0.2, -0.15) is 0 Å². The van der Waals surface area contributed by atoms with Crippen molar-refractivity contribution >= 4 is 5.91 Å². The van der Waals surface area contributed by atoms with E-state index in [1.54, 1.807) is 12.1 Å². The second kappa shape index (κ2) is 5.89. The molecule has 3 nitrogen and oxygen atoms in total. The molecular formula is C15H21NO2. The summed E-state index contributed by atoms with van der Waals surface area (Å²) in [6.45, 7) is 3.73. The van der Waals surface area contributed by atoms with E-state index in [2.05, 4.69) is 0 Å². The lowest BCUT2D eigenvalue weighted by atomic mass is 9.94. The van der Waals surface area contributed by atoms with E-state index in [4.69, 9.17) is 0 Å². The van der Waals surface area contributed by atoms with Crippen LogP contribution in [0.3, 0.4) is 0 Å². The summed E-state index contributed by atoms with van der Waals surface area (Å²) in [5, 5.41) is 9.47. The van der Waals surface area contributed by atoms with Crippen LogP contribution >= 0.6 is 0 Å². The molecule has 1 aromatic carbocycles. The van der Waals surface area contributed by atoms with Gasteiger partial charge in [-0.1, -0.05) is 18.6 Å².